The number of nitrogens with one attached hydrogen (secondary N) is 1. The van der Waals surface area contributed by atoms with Gasteiger partial charge in [-0.3, -0.25) is 0 Å². The summed E-state index contributed by atoms with van der Waals surface area (Å²) in [4.78, 5) is 0. The highest BCUT2D eigenvalue weighted by Crippen LogP contribution is 2.36. The topological polar surface area (TPSA) is 12.0 Å². The monoisotopic (exact) mass is 329 g/mol. The van der Waals surface area contributed by atoms with Gasteiger partial charge in [0.15, 0.2) is 0 Å². The lowest BCUT2D eigenvalue weighted by Crippen LogP contribution is -2.25. The average molecular weight is 330 g/mol. The molecule has 2 rings (SSSR count). The predicted molar refractivity (Wildman–Crippen MR) is 83.0 cm³/mol. The second-order valence-electron chi connectivity index (χ2n) is 4.66. The number of hydrogen-bond donors (Lipinski definition) is 1. The minimum absolute atomic E-state index is 0.0686. The smallest absolute Gasteiger partial charge is 0.131 e. The molecule has 2 aromatic carbocycles. The molecule has 0 saturated carbocycles. The molecule has 0 aliphatic rings. The molecular weight excluding hydrogens is 315 g/mol. The maximum Gasteiger partial charge on any atom is 0.131 e. The van der Waals surface area contributed by atoms with E-state index in [1.807, 2.05) is 6.92 Å². The summed E-state index contributed by atoms with van der Waals surface area (Å²) in [5, 5.41) is 3.86. The fraction of sp³-hybridized carbons (Fsp3) is 0.250. The summed E-state index contributed by atoms with van der Waals surface area (Å²) >= 11 is 12.4. The Morgan fingerprint density at radius 1 is 0.952 bits per heavy atom. The van der Waals surface area contributed by atoms with Crippen molar-refractivity contribution in [3.63, 3.8) is 0 Å². The van der Waals surface area contributed by atoms with Gasteiger partial charge in [0, 0.05) is 21.2 Å². The molecule has 0 aromatic heterocycles. The summed E-state index contributed by atoms with van der Waals surface area (Å²) in [5.41, 5.74) is 0.416. The lowest BCUT2D eigenvalue weighted by molar-refractivity contribution is 0.503. The Labute approximate surface area is 132 Å². The number of halogens is 4. The van der Waals surface area contributed by atoms with Gasteiger partial charge < -0.3 is 5.32 Å². The Balaban J connectivity index is 2.59. The second kappa shape index (κ2) is 7.21. The van der Waals surface area contributed by atoms with Crippen LogP contribution in [-0.2, 0) is 0 Å². The lowest BCUT2D eigenvalue weighted by Gasteiger charge is -2.22. The quantitative estimate of drug-likeness (QED) is 0.778. The molecule has 0 saturated heterocycles. The van der Waals surface area contributed by atoms with Crippen LogP contribution < -0.4 is 5.32 Å². The van der Waals surface area contributed by atoms with E-state index in [2.05, 4.69) is 5.32 Å². The highest BCUT2D eigenvalue weighted by Gasteiger charge is 2.25. The van der Waals surface area contributed by atoms with Crippen LogP contribution in [0.1, 0.15) is 30.5 Å². The van der Waals surface area contributed by atoms with Crippen LogP contribution in [-0.4, -0.2) is 6.54 Å². The van der Waals surface area contributed by atoms with Crippen molar-refractivity contribution >= 4 is 23.2 Å². The van der Waals surface area contributed by atoms with Gasteiger partial charge in [0.25, 0.3) is 0 Å². The van der Waals surface area contributed by atoms with Crippen LogP contribution in [0, 0.1) is 11.6 Å². The van der Waals surface area contributed by atoms with Crippen LogP contribution in [0.3, 0.4) is 0 Å². The van der Waals surface area contributed by atoms with Crippen LogP contribution in [0.15, 0.2) is 36.4 Å². The third-order valence-corrected chi connectivity index (χ3v) is 3.83. The highest BCUT2D eigenvalue weighted by molar-refractivity contribution is 6.36. The van der Waals surface area contributed by atoms with Crippen molar-refractivity contribution in [1.29, 1.82) is 0 Å². The molecule has 0 radical (unpaired) electrons. The summed E-state index contributed by atoms with van der Waals surface area (Å²) in [5.74, 6) is -1.25. The van der Waals surface area contributed by atoms with Crippen molar-refractivity contribution in [1.82, 2.24) is 5.32 Å². The molecule has 0 amide bonds. The zero-order valence-electron chi connectivity index (χ0n) is 11.5. The van der Waals surface area contributed by atoms with E-state index in [0.717, 1.165) is 6.42 Å². The Morgan fingerprint density at radius 2 is 1.48 bits per heavy atom. The predicted octanol–water partition coefficient (Wildman–Crippen LogP) is 5.36. The van der Waals surface area contributed by atoms with Gasteiger partial charge in [-0.15, -0.1) is 0 Å². The first kappa shape index (κ1) is 16.2. The van der Waals surface area contributed by atoms with Crippen LogP contribution >= 0.6 is 23.2 Å². The second-order valence-corrected chi connectivity index (χ2v) is 5.47. The molecule has 1 nitrogen and oxygen atoms in total. The fourth-order valence-corrected chi connectivity index (χ4v) is 2.83. The van der Waals surface area contributed by atoms with E-state index < -0.39 is 17.7 Å². The molecule has 0 bridgehead atoms. The summed E-state index contributed by atoms with van der Waals surface area (Å²) in [6.07, 6.45) is 0.814. The maximum absolute atomic E-state index is 14.1. The largest absolute Gasteiger partial charge is 0.306 e. The van der Waals surface area contributed by atoms with E-state index in [-0.39, 0.29) is 5.56 Å². The summed E-state index contributed by atoms with van der Waals surface area (Å²) in [6, 6.07) is 8.06. The van der Waals surface area contributed by atoms with Crippen molar-refractivity contribution in [3.05, 3.63) is 69.2 Å². The van der Waals surface area contributed by atoms with Gasteiger partial charge in [-0.1, -0.05) is 42.3 Å². The van der Waals surface area contributed by atoms with Gasteiger partial charge in [0.2, 0.25) is 0 Å². The molecule has 1 unspecified atom stereocenters. The highest BCUT2D eigenvalue weighted by atomic mass is 35.5. The number of hydrogen-bond acceptors (Lipinski definition) is 1. The molecule has 2 aromatic rings. The standard InChI is InChI=1S/C16H15Cl2F2N/c1-2-9-21-16(14-10(17)5-3-6-11(14)18)15-12(19)7-4-8-13(15)20/h3-8,16,21H,2,9H2,1H3. The minimum atomic E-state index is -0.729. The van der Waals surface area contributed by atoms with E-state index in [1.54, 1.807) is 18.2 Å². The van der Waals surface area contributed by atoms with Crippen LogP contribution in [0.25, 0.3) is 0 Å². The normalized spacial score (nSPS) is 12.4. The molecular formula is C16H15Cl2F2N. The van der Waals surface area contributed by atoms with Crippen molar-refractivity contribution in [2.75, 3.05) is 6.54 Å². The third-order valence-electron chi connectivity index (χ3n) is 3.18. The van der Waals surface area contributed by atoms with Crippen LogP contribution in [0.2, 0.25) is 10.0 Å². The fourth-order valence-electron chi connectivity index (χ4n) is 2.21. The van der Waals surface area contributed by atoms with Gasteiger partial charge in [-0.2, -0.15) is 0 Å². The molecule has 0 spiro atoms. The molecule has 112 valence electrons. The number of rotatable bonds is 5. The Kier molecular flexibility index (Phi) is 5.57. The Hall–Kier alpha value is -1.16. The molecule has 21 heavy (non-hydrogen) atoms. The summed E-state index contributed by atoms with van der Waals surface area (Å²) in [6.45, 7) is 2.55. The van der Waals surface area contributed by atoms with E-state index in [0.29, 0.717) is 22.2 Å². The molecule has 0 heterocycles. The lowest BCUT2D eigenvalue weighted by atomic mass is 9.97. The minimum Gasteiger partial charge on any atom is -0.306 e. The van der Waals surface area contributed by atoms with E-state index >= 15 is 0 Å². The summed E-state index contributed by atoms with van der Waals surface area (Å²) < 4.78 is 28.2. The zero-order valence-corrected chi connectivity index (χ0v) is 13.0. The average Bonchev–Trinajstić information content (AvgIpc) is 2.43. The summed E-state index contributed by atoms with van der Waals surface area (Å²) in [7, 11) is 0. The molecule has 1 N–H and O–H groups in total. The van der Waals surface area contributed by atoms with E-state index in [1.165, 1.54) is 18.2 Å². The molecule has 1 atom stereocenters. The molecule has 5 heteroatoms. The van der Waals surface area contributed by atoms with Crippen LogP contribution in [0.4, 0.5) is 8.78 Å². The van der Waals surface area contributed by atoms with Crippen molar-refractivity contribution in [2.45, 2.75) is 19.4 Å². The van der Waals surface area contributed by atoms with Gasteiger partial charge in [-0.05, 0) is 37.2 Å². The van der Waals surface area contributed by atoms with E-state index in [9.17, 15) is 8.78 Å². The van der Waals surface area contributed by atoms with Crippen molar-refractivity contribution < 1.29 is 8.78 Å². The SMILES string of the molecule is CCCNC(c1c(F)cccc1F)c1c(Cl)cccc1Cl. The van der Waals surface area contributed by atoms with Gasteiger partial charge in [0.1, 0.15) is 11.6 Å². The first-order valence-electron chi connectivity index (χ1n) is 6.67. The molecule has 0 aliphatic carbocycles. The number of benzene rings is 2. The Bertz CT molecular complexity index is 540. The van der Waals surface area contributed by atoms with Gasteiger partial charge >= 0.3 is 0 Å². The van der Waals surface area contributed by atoms with Crippen molar-refractivity contribution in [2.24, 2.45) is 0 Å². The van der Waals surface area contributed by atoms with E-state index in [4.69, 9.17) is 23.2 Å². The molecule has 0 fully saturated rings. The Morgan fingerprint density at radius 3 is 2.00 bits per heavy atom. The maximum atomic E-state index is 14.1. The van der Waals surface area contributed by atoms with Gasteiger partial charge in [0.05, 0.1) is 6.04 Å². The zero-order chi connectivity index (χ0) is 15.4. The first-order chi connectivity index (χ1) is 10.1. The van der Waals surface area contributed by atoms with Crippen LogP contribution in [0.5, 0.6) is 0 Å². The molecule has 0 aliphatic heterocycles. The third kappa shape index (κ3) is 3.54. The van der Waals surface area contributed by atoms with Gasteiger partial charge in [-0.25, -0.2) is 8.78 Å². The first-order valence-corrected chi connectivity index (χ1v) is 7.43. The van der Waals surface area contributed by atoms with Crippen molar-refractivity contribution in [3.8, 4) is 0 Å².